The summed E-state index contributed by atoms with van der Waals surface area (Å²) in [5, 5.41) is 0. The quantitative estimate of drug-likeness (QED) is 0.810. The summed E-state index contributed by atoms with van der Waals surface area (Å²) in [5.41, 5.74) is 6.67. The van der Waals surface area contributed by atoms with Crippen LogP contribution in [0.4, 0.5) is 0 Å². The van der Waals surface area contributed by atoms with Gasteiger partial charge >= 0.3 is 0 Å². The molecule has 0 aromatic heterocycles. The van der Waals surface area contributed by atoms with Gasteiger partial charge in [-0.15, -0.1) is 0 Å². The number of hydrogen-bond acceptors (Lipinski definition) is 3. The molecule has 0 aliphatic rings. The first-order valence-corrected chi connectivity index (χ1v) is 6.94. The first-order chi connectivity index (χ1) is 8.83. The van der Waals surface area contributed by atoms with Crippen LogP contribution >= 0.6 is 12.2 Å². The van der Waals surface area contributed by atoms with E-state index in [9.17, 15) is 0 Å². The second-order valence-electron chi connectivity index (χ2n) is 5.62. The largest absolute Gasteiger partial charge is 0.490 e. The molecule has 0 fully saturated rings. The maximum atomic E-state index is 5.79. The number of thiocarbonyl (C=S) groups is 1. The van der Waals surface area contributed by atoms with Crippen molar-refractivity contribution in [2.75, 3.05) is 13.2 Å². The zero-order valence-corrected chi connectivity index (χ0v) is 13.0. The van der Waals surface area contributed by atoms with E-state index in [1.54, 1.807) is 0 Å². The molecule has 4 heteroatoms. The maximum absolute atomic E-state index is 5.79. The number of ether oxygens (including phenoxy) is 2. The summed E-state index contributed by atoms with van der Waals surface area (Å²) in [5.74, 6) is 1.44. The van der Waals surface area contributed by atoms with Crippen LogP contribution in [0, 0.1) is 5.41 Å². The molecule has 1 aromatic rings. The monoisotopic (exact) mass is 281 g/mol. The lowest BCUT2D eigenvalue weighted by Gasteiger charge is -2.19. The average Bonchev–Trinajstić information content (AvgIpc) is 2.29. The third-order valence-corrected chi connectivity index (χ3v) is 2.87. The Balaban J connectivity index is 2.79. The highest BCUT2D eigenvalue weighted by Gasteiger charge is 2.12. The Bertz CT molecular complexity index is 438. The van der Waals surface area contributed by atoms with Crippen molar-refractivity contribution in [1.29, 1.82) is 0 Å². The molecule has 0 spiro atoms. The van der Waals surface area contributed by atoms with Gasteiger partial charge in [-0.1, -0.05) is 33.0 Å². The predicted octanol–water partition coefficient (Wildman–Crippen LogP) is 3.53. The molecule has 0 atom stereocenters. The summed E-state index contributed by atoms with van der Waals surface area (Å²) in [6.45, 7) is 9.75. The molecule has 2 N–H and O–H groups in total. The van der Waals surface area contributed by atoms with Crippen LogP contribution < -0.4 is 15.2 Å². The molecule has 0 bridgehead atoms. The van der Waals surface area contributed by atoms with E-state index in [0.717, 1.165) is 17.7 Å². The highest BCUT2D eigenvalue weighted by atomic mass is 32.1. The van der Waals surface area contributed by atoms with Gasteiger partial charge in [-0.25, -0.2) is 0 Å². The molecule has 0 aliphatic heterocycles. The zero-order chi connectivity index (χ0) is 14.5. The van der Waals surface area contributed by atoms with Gasteiger partial charge in [0.05, 0.1) is 13.2 Å². The van der Waals surface area contributed by atoms with Gasteiger partial charge in [-0.2, -0.15) is 0 Å². The zero-order valence-electron chi connectivity index (χ0n) is 12.2. The van der Waals surface area contributed by atoms with E-state index >= 15 is 0 Å². The minimum atomic E-state index is 0.255. The van der Waals surface area contributed by atoms with Crippen LogP contribution in [0.1, 0.15) is 39.7 Å². The molecule has 1 aromatic carbocycles. The van der Waals surface area contributed by atoms with Crippen molar-refractivity contribution >= 4 is 17.2 Å². The fourth-order valence-electron chi connectivity index (χ4n) is 1.52. The van der Waals surface area contributed by atoms with Gasteiger partial charge in [0.1, 0.15) is 4.99 Å². The summed E-state index contributed by atoms with van der Waals surface area (Å²) in [6.07, 6.45) is 0.982. The smallest absolute Gasteiger partial charge is 0.161 e. The van der Waals surface area contributed by atoms with E-state index in [1.165, 1.54) is 0 Å². The molecule has 0 saturated heterocycles. The van der Waals surface area contributed by atoms with Gasteiger partial charge in [0.15, 0.2) is 11.5 Å². The van der Waals surface area contributed by atoms with Gasteiger partial charge in [0, 0.05) is 5.56 Å². The predicted molar refractivity (Wildman–Crippen MR) is 83.1 cm³/mol. The fraction of sp³-hybridized carbons (Fsp3) is 0.533. The van der Waals surface area contributed by atoms with E-state index in [2.05, 4.69) is 20.8 Å². The Hall–Kier alpha value is -1.29. The summed E-state index contributed by atoms with van der Waals surface area (Å²) in [6, 6.07) is 5.55. The summed E-state index contributed by atoms with van der Waals surface area (Å²) < 4.78 is 11.4. The van der Waals surface area contributed by atoms with Gasteiger partial charge in [-0.05, 0) is 37.0 Å². The van der Waals surface area contributed by atoms with Crippen molar-refractivity contribution in [3.05, 3.63) is 23.8 Å². The fourth-order valence-corrected chi connectivity index (χ4v) is 1.64. The van der Waals surface area contributed by atoms with Crippen molar-refractivity contribution < 1.29 is 9.47 Å². The number of benzene rings is 1. The highest BCUT2D eigenvalue weighted by molar-refractivity contribution is 7.80. The normalized spacial score (nSPS) is 11.2. The van der Waals surface area contributed by atoms with Crippen molar-refractivity contribution in [2.45, 2.75) is 34.1 Å². The SMILES string of the molecule is CCOc1cc(C(N)=S)ccc1OCCC(C)(C)C. The molecular weight excluding hydrogens is 258 g/mol. The molecular formula is C15H23NO2S. The van der Waals surface area contributed by atoms with E-state index in [-0.39, 0.29) is 5.41 Å². The minimum Gasteiger partial charge on any atom is -0.490 e. The minimum absolute atomic E-state index is 0.255. The molecule has 19 heavy (non-hydrogen) atoms. The van der Waals surface area contributed by atoms with Crippen LogP contribution in [0.15, 0.2) is 18.2 Å². The van der Waals surface area contributed by atoms with E-state index in [0.29, 0.717) is 24.0 Å². The molecule has 0 saturated carbocycles. The molecule has 0 radical (unpaired) electrons. The highest BCUT2D eigenvalue weighted by Crippen LogP contribution is 2.29. The van der Waals surface area contributed by atoms with Crippen molar-refractivity contribution in [2.24, 2.45) is 11.1 Å². The second kappa shape index (κ2) is 6.75. The van der Waals surface area contributed by atoms with Crippen molar-refractivity contribution in [3.8, 4) is 11.5 Å². The second-order valence-corrected chi connectivity index (χ2v) is 6.06. The first kappa shape index (κ1) is 15.8. The molecule has 1 rings (SSSR count). The molecule has 0 unspecified atom stereocenters. The van der Waals surface area contributed by atoms with E-state index in [4.69, 9.17) is 27.4 Å². The number of rotatable bonds is 6. The lowest BCUT2D eigenvalue weighted by molar-refractivity contribution is 0.229. The Labute approximate surface area is 121 Å². The van der Waals surface area contributed by atoms with Crippen LogP contribution in [-0.4, -0.2) is 18.2 Å². The Morgan fingerprint density at radius 2 is 1.89 bits per heavy atom. The third kappa shape index (κ3) is 5.47. The molecule has 0 amide bonds. The van der Waals surface area contributed by atoms with Crippen LogP contribution in [0.5, 0.6) is 11.5 Å². The number of nitrogens with two attached hydrogens (primary N) is 1. The van der Waals surface area contributed by atoms with Gasteiger partial charge < -0.3 is 15.2 Å². The van der Waals surface area contributed by atoms with Crippen LogP contribution in [0.2, 0.25) is 0 Å². The van der Waals surface area contributed by atoms with Gasteiger partial charge in [-0.3, -0.25) is 0 Å². The molecule has 3 nitrogen and oxygen atoms in total. The molecule has 0 aliphatic carbocycles. The van der Waals surface area contributed by atoms with Crippen molar-refractivity contribution in [1.82, 2.24) is 0 Å². The lowest BCUT2D eigenvalue weighted by Crippen LogP contribution is -2.12. The van der Waals surface area contributed by atoms with Gasteiger partial charge in [0.25, 0.3) is 0 Å². The summed E-state index contributed by atoms with van der Waals surface area (Å²) in [4.78, 5) is 0.363. The topological polar surface area (TPSA) is 44.5 Å². The van der Waals surface area contributed by atoms with E-state index in [1.807, 2.05) is 25.1 Å². The molecule has 0 heterocycles. The maximum Gasteiger partial charge on any atom is 0.161 e. The van der Waals surface area contributed by atoms with Crippen molar-refractivity contribution in [3.63, 3.8) is 0 Å². The number of hydrogen-bond donors (Lipinski definition) is 1. The molecule has 106 valence electrons. The van der Waals surface area contributed by atoms with Crippen LogP contribution in [0.3, 0.4) is 0 Å². The van der Waals surface area contributed by atoms with Crippen LogP contribution in [0.25, 0.3) is 0 Å². The third-order valence-electron chi connectivity index (χ3n) is 2.64. The standard InChI is InChI=1S/C15H23NO2S/c1-5-17-13-10-11(14(16)19)6-7-12(13)18-9-8-15(2,3)4/h6-7,10H,5,8-9H2,1-4H3,(H2,16,19). The van der Waals surface area contributed by atoms with Crippen LogP contribution in [-0.2, 0) is 0 Å². The summed E-state index contributed by atoms with van der Waals surface area (Å²) >= 11 is 4.97. The average molecular weight is 281 g/mol. The lowest BCUT2D eigenvalue weighted by atomic mass is 9.93. The Kier molecular flexibility index (Phi) is 5.60. The Morgan fingerprint density at radius 3 is 2.42 bits per heavy atom. The Morgan fingerprint density at radius 1 is 1.21 bits per heavy atom. The van der Waals surface area contributed by atoms with E-state index < -0.39 is 0 Å². The van der Waals surface area contributed by atoms with Gasteiger partial charge in [0.2, 0.25) is 0 Å². The summed E-state index contributed by atoms with van der Waals surface area (Å²) in [7, 11) is 0. The first-order valence-electron chi connectivity index (χ1n) is 6.53.